The average Bonchev–Trinajstić information content (AvgIpc) is 3.21. The van der Waals surface area contributed by atoms with Crippen molar-refractivity contribution in [3.63, 3.8) is 0 Å². The summed E-state index contributed by atoms with van der Waals surface area (Å²) < 4.78 is 6.20. The maximum absolute atomic E-state index is 6.20. The molecule has 1 nitrogen and oxygen atoms in total. The van der Waals surface area contributed by atoms with Crippen molar-refractivity contribution in [1.82, 2.24) is 0 Å². The Morgan fingerprint density at radius 2 is 1.19 bits per heavy atom. The summed E-state index contributed by atoms with van der Waals surface area (Å²) in [5.74, 6) is 0.356. The van der Waals surface area contributed by atoms with Gasteiger partial charge < -0.3 is 4.42 Å². The third kappa shape index (κ3) is 3.18. The van der Waals surface area contributed by atoms with Gasteiger partial charge in [-0.1, -0.05) is 91.9 Å². The third-order valence-corrected chi connectivity index (χ3v) is 6.59. The van der Waals surface area contributed by atoms with E-state index in [0.29, 0.717) is 5.92 Å². The van der Waals surface area contributed by atoms with E-state index in [1.54, 1.807) is 0 Å². The van der Waals surface area contributed by atoms with Gasteiger partial charge in [0.05, 0.1) is 0 Å². The van der Waals surface area contributed by atoms with Crippen LogP contribution in [0.5, 0.6) is 0 Å². The molecule has 0 spiro atoms. The lowest BCUT2D eigenvalue weighted by Gasteiger charge is -2.17. The molecule has 6 aromatic rings. The smallest absolute Gasteiger partial charge is 0.136 e. The molecule has 0 bridgehead atoms. The van der Waals surface area contributed by atoms with Crippen LogP contribution in [0.15, 0.2) is 114 Å². The average molecular weight is 413 g/mol. The van der Waals surface area contributed by atoms with Gasteiger partial charge in [-0.25, -0.2) is 0 Å². The predicted molar refractivity (Wildman–Crippen MR) is 135 cm³/mol. The Morgan fingerprint density at radius 3 is 1.94 bits per heavy atom. The summed E-state index contributed by atoms with van der Waals surface area (Å²) in [6, 6.07) is 39.2. The third-order valence-electron chi connectivity index (χ3n) is 6.59. The molecule has 0 saturated heterocycles. The molecule has 1 heteroatoms. The summed E-state index contributed by atoms with van der Waals surface area (Å²) in [4.78, 5) is 0. The Hall–Kier alpha value is -3.84. The Balaban J connectivity index is 1.42. The van der Waals surface area contributed by atoms with Crippen LogP contribution in [-0.4, -0.2) is 0 Å². The first-order valence-electron chi connectivity index (χ1n) is 11.3. The van der Waals surface area contributed by atoms with Crippen LogP contribution in [0.3, 0.4) is 0 Å². The first-order valence-corrected chi connectivity index (χ1v) is 11.3. The number of hydrogen-bond donors (Lipinski definition) is 0. The number of hydrogen-bond acceptors (Lipinski definition) is 1. The molecule has 0 aliphatic carbocycles. The number of fused-ring (bicyclic) bond motifs is 4. The normalized spacial score (nSPS) is 12.5. The minimum atomic E-state index is 0.356. The minimum absolute atomic E-state index is 0.356. The van der Waals surface area contributed by atoms with Crippen molar-refractivity contribution in [2.24, 2.45) is 0 Å². The zero-order valence-electron chi connectivity index (χ0n) is 18.1. The number of benzene rings is 5. The second-order valence-electron chi connectivity index (χ2n) is 8.50. The molecule has 0 aliphatic rings. The van der Waals surface area contributed by atoms with Crippen LogP contribution in [-0.2, 0) is 0 Å². The summed E-state index contributed by atoms with van der Waals surface area (Å²) >= 11 is 0. The monoisotopic (exact) mass is 412 g/mol. The molecular weight excluding hydrogens is 388 g/mol. The molecule has 0 radical (unpaired) electrons. The van der Waals surface area contributed by atoms with Crippen molar-refractivity contribution in [2.45, 2.75) is 19.3 Å². The van der Waals surface area contributed by atoms with Gasteiger partial charge in [-0.3, -0.25) is 0 Å². The molecular formula is C31H24O. The molecule has 154 valence electrons. The maximum Gasteiger partial charge on any atom is 0.136 e. The van der Waals surface area contributed by atoms with Crippen molar-refractivity contribution in [3.05, 3.63) is 120 Å². The Kier molecular flexibility index (Phi) is 4.54. The SMILES string of the molecule is CCC(c1ccc(-c2ccccc2)cc1)c1ccc2oc3cc4ccccc4cc3c2c1. The molecule has 6 rings (SSSR count). The van der Waals surface area contributed by atoms with Gasteiger partial charge in [0.25, 0.3) is 0 Å². The van der Waals surface area contributed by atoms with Crippen molar-refractivity contribution in [1.29, 1.82) is 0 Å². The fourth-order valence-electron chi connectivity index (χ4n) is 4.90. The van der Waals surface area contributed by atoms with Gasteiger partial charge in [-0.15, -0.1) is 0 Å². The minimum Gasteiger partial charge on any atom is -0.456 e. The summed E-state index contributed by atoms with van der Waals surface area (Å²) in [6.45, 7) is 2.26. The van der Waals surface area contributed by atoms with E-state index in [-0.39, 0.29) is 0 Å². The molecule has 0 N–H and O–H groups in total. The lowest BCUT2D eigenvalue weighted by Crippen LogP contribution is -1.99. The number of furan rings is 1. The predicted octanol–water partition coefficient (Wildman–Crippen LogP) is 8.95. The highest BCUT2D eigenvalue weighted by molar-refractivity contribution is 6.10. The molecule has 32 heavy (non-hydrogen) atoms. The Labute approximate surface area is 187 Å². The van der Waals surface area contributed by atoms with E-state index < -0.39 is 0 Å². The summed E-state index contributed by atoms with van der Waals surface area (Å²) in [6.07, 6.45) is 1.05. The van der Waals surface area contributed by atoms with Crippen LogP contribution in [0, 0.1) is 0 Å². The van der Waals surface area contributed by atoms with Crippen LogP contribution in [0.1, 0.15) is 30.4 Å². The van der Waals surface area contributed by atoms with E-state index >= 15 is 0 Å². The van der Waals surface area contributed by atoms with Crippen LogP contribution in [0.2, 0.25) is 0 Å². The van der Waals surface area contributed by atoms with Gasteiger partial charge in [-0.2, -0.15) is 0 Å². The van der Waals surface area contributed by atoms with Crippen LogP contribution < -0.4 is 0 Å². The van der Waals surface area contributed by atoms with Gasteiger partial charge in [0.2, 0.25) is 0 Å². The van der Waals surface area contributed by atoms with Gasteiger partial charge >= 0.3 is 0 Å². The summed E-state index contributed by atoms with van der Waals surface area (Å²) in [7, 11) is 0. The maximum atomic E-state index is 6.20. The molecule has 1 unspecified atom stereocenters. The first kappa shape index (κ1) is 18.9. The van der Waals surface area contributed by atoms with E-state index in [1.165, 1.54) is 43.8 Å². The van der Waals surface area contributed by atoms with Gasteiger partial charge in [-0.05, 0) is 63.7 Å². The standard InChI is InChI=1S/C31H24O/c1-2-27(23-14-12-22(13-15-23)21-8-4-3-5-9-21)26-16-17-30-28(19-26)29-18-24-10-6-7-11-25(24)20-31(29)32-30/h3-20,27H,2H2,1H3. The molecule has 0 aliphatic heterocycles. The van der Waals surface area contributed by atoms with Crippen LogP contribution >= 0.6 is 0 Å². The zero-order valence-corrected chi connectivity index (χ0v) is 18.1. The van der Waals surface area contributed by atoms with Crippen LogP contribution in [0.25, 0.3) is 43.8 Å². The molecule has 0 saturated carbocycles. The van der Waals surface area contributed by atoms with E-state index in [0.717, 1.165) is 17.6 Å². The van der Waals surface area contributed by atoms with Crippen molar-refractivity contribution >= 4 is 32.7 Å². The summed E-state index contributed by atoms with van der Waals surface area (Å²) in [5.41, 5.74) is 7.11. The quantitative estimate of drug-likeness (QED) is 0.282. The van der Waals surface area contributed by atoms with E-state index in [9.17, 15) is 0 Å². The molecule has 1 atom stereocenters. The highest BCUT2D eigenvalue weighted by Crippen LogP contribution is 2.36. The second-order valence-corrected chi connectivity index (χ2v) is 8.50. The molecule has 0 amide bonds. The highest BCUT2D eigenvalue weighted by atomic mass is 16.3. The van der Waals surface area contributed by atoms with Gasteiger partial charge in [0.15, 0.2) is 0 Å². The molecule has 1 heterocycles. The van der Waals surface area contributed by atoms with Crippen molar-refractivity contribution in [2.75, 3.05) is 0 Å². The Bertz CT molecular complexity index is 1540. The fraction of sp³-hybridized carbons (Fsp3) is 0.0968. The molecule has 1 aromatic heterocycles. The topological polar surface area (TPSA) is 13.1 Å². The van der Waals surface area contributed by atoms with Crippen LogP contribution in [0.4, 0.5) is 0 Å². The van der Waals surface area contributed by atoms with E-state index in [4.69, 9.17) is 4.42 Å². The van der Waals surface area contributed by atoms with E-state index in [2.05, 4.69) is 116 Å². The van der Waals surface area contributed by atoms with Gasteiger partial charge in [0, 0.05) is 16.7 Å². The summed E-state index contributed by atoms with van der Waals surface area (Å²) in [5, 5.41) is 4.85. The van der Waals surface area contributed by atoms with Gasteiger partial charge in [0.1, 0.15) is 11.2 Å². The zero-order chi connectivity index (χ0) is 21.5. The Morgan fingerprint density at radius 1 is 0.562 bits per heavy atom. The highest BCUT2D eigenvalue weighted by Gasteiger charge is 2.16. The second kappa shape index (κ2) is 7.69. The largest absolute Gasteiger partial charge is 0.456 e. The molecule has 0 fully saturated rings. The number of rotatable bonds is 4. The van der Waals surface area contributed by atoms with E-state index in [1.807, 2.05) is 0 Å². The fourth-order valence-corrected chi connectivity index (χ4v) is 4.90. The lowest BCUT2D eigenvalue weighted by molar-refractivity contribution is 0.669. The lowest BCUT2D eigenvalue weighted by atomic mass is 9.87. The molecule has 5 aromatic carbocycles. The van der Waals surface area contributed by atoms with Crippen molar-refractivity contribution < 1.29 is 4.42 Å². The first-order chi connectivity index (χ1) is 15.8. The van der Waals surface area contributed by atoms with Crippen molar-refractivity contribution in [3.8, 4) is 11.1 Å².